The third-order valence-corrected chi connectivity index (χ3v) is 2.13. The van der Waals surface area contributed by atoms with E-state index in [1.165, 1.54) is 12.1 Å². The number of carbonyl (C=O) groups is 2. The minimum atomic E-state index is -4.95. The first-order valence-corrected chi connectivity index (χ1v) is 6.05. The summed E-state index contributed by atoms with van der Waals surface area (Å²) in [5.74, 6) is -2.64. The van der Waals surface area contributed by atoms with Gasteiger partial charge in [0.1, 0.15) is 11.4 Å². The molecule has 0 saturated heterocycles. The fourth-order valence-electron chi connectivity index (χ4n) is 1.40. The molecule has 7 heteroatoms. The molecule has 0 radical (unpaired) electrons. The molecule has 0 saturated carbocycles. The molecule has 0 atom stereocenters. The van der Waals surface area contributed by atoms with Crippen molar-refractivity contribution in [2.45, 2.75) is 32.5 Å². The smallest absolute Gasteiger partial charge is 0.454 e. The molecule has 0 aliphatic rings. The van der Waals surface area contributed by atoms with E-state index in [4.69, 9.17) is 9.47 Å². The molecule has 0 fully saturated rings. The predicted octanol–water partition coefficient (Wildman–Crippen LogP) is 3.15. The number of rotatable bonds is 4. The van der Waals surface area contributed by atoms with Gasteiger partial charge in [-0.3, -0.25) is 4.79 Å². The molecular formula is C14H15F3O4. The van der Waals surface area contributed by atoms with E-state index in [9.17, 15) is 22.8 Å². The van der Waals surface area contributed by atoms with Crippen molar-refractivity contribution < 1.29 is 32.2 Å². The lowest BCUT2D eigenvalue weighted by Crippen LogP contribution is -2.27. The molecule has 1 rings (SSSR count). The Morgan fingerprint density at radius 1 is 1.14 bits per heavy atom. The molecule has 0 unspecified atom stereocenters. The molecule has 1 aromatic rings. The van der Waals surface area contributed by atoms with Gasteiger partial charge in [0.25, 0.3) is 5.78 Å². The fraction of sp³-hybridized carbons (Fsp3) is 0.429. The fourth-order valence-corrected chi connectivity index (χ4v) is 1.40. The van der Waals surface area contributed by atoms with Gasteiger partial charge in [-0.2, -0.15) is 13.2 Å². The summed E-state index contributed by atoms with van der Waals surface area (Å²) in [6, 6.07) is 4.54. The zero-order valence-corrected chi connectivity index (χ0v) is 11.8. The molecular weight excluding hydrogens is 289 g/mol. The Bertz CT molecular complexity index is 530. The number of ketones is 1. The number of ether oxygens (including phenoxy) is 2. The van der Waals surface area contributed by atoms with Crippen LogP contribution in [-0.2, 0) is 9.53 Å². The minimum Gasteiger partial charge on any atom is -0.482 e. The predicted molar refractivity (Wildman–Crippen MR) is 68.2 cm³/mol. The van der Waals surface area contributed by atoms with Crippen LogP contribution in [0.25, 0.3) is 0 Å². The van der Waals surface area contributed by atoms with Gasteiger partial charge in [-0.1, -0.05) is 12.1 Å². The molecule has 0 amide bonds. The largest absolute Gasteiger partial charge is 0.482 e. The molecule has 0 aliphatic carbocycles. The second-order valence-electron chi connectivity index (χ2n) is 5.23. The van der Waals surface area contributed by atoms with Crippen LogP contribution in [0.15, 0.2) is 24.3 Å². The summed E-state index contributed by atoms with van der Waals surface area (Å²) < 4.78 is 46.9. The Balaban J connectivity index is 2.70. The topological polar surface area (TPSA) is 52.6 Å². The van der Waals surface area contributed by atoms with Crippen molar-refractivity contribution in [2.24, 2.45) is 0 Å². The summed E-state index contributed by atoms with van der Waals surface area (Å²) in [7, 11) is 0. The summed E-state index contributed by atoms with van der Waals surface area (Å²) in [5, 5.41) is 0. The maximum Gasteiger partial charge on any atom is 0.454 e. The van der Waals surface area contributed by atoms with Crippen molar-refractivity contribution in [1.29, 1.82) is 0 Å². The molecule has 1 aromatic carbocycles. The molecule has 21 heavy (non-hydrogen) atoms. The van der Waals surface area contributed by atoms with Crippen molar-refractivity contribution in [2.75, 3.05) is 6.61 Å². The van der Waals surface area contributed by atoms with Gasteiger partial charge in [0.15, 0.2) is 6.61 Å². The van der Waals surface area contributed by atoms with Gasteiger partial charge in [-0.05, 0) is 32.9 Å². The highest BCUT2D eigenvalue weighted by atomic mass is 19.4. The first kappa shape index (κ1) is 17.0. The average molecular weight is 304 g/mol. The van der Waals surface area contributed by atoms with Gasteiger partial charge in [0.05, 0.1) is 0 Å². The Labute approximate surface area is 119 Å². The summed E-state index contributed by atoms with van der Waals surface area (Å²) in [4.78, 5) is 22.5. The van der Waals surface area contributed by atoms with Crippen LogP contribution in [0.3, 0.4) is 0 Å². The Morgan fingerprint density at radius 3 is 2.29 bits per heavy atom. The van der Waals surface area contributed by atoms with Crippen LogP contribution < -0.4 is 4.74 Å². The molecule has 0 aliphatic heterocycles. The van der Waals surface area contributed by atoms with Crippen LogP contribution >= 0.6 is 0 Å². The van der Waals surface area contributed by atoms with E-state index >= 15 is 0 Å². The summed E-state index contributed by atoms with van der Waals surface area (Å²) >= 11 is 0. The van der Waals surface area contributed by atoms with Crippen LogP contribution in [0.5, 0.6) is 5.75 Å². The van der Waals surface area contributed by atoms with E-state index in [2.05, 4.69) is 0 Å². The first-order chi connectivity index (χ1) is 9.49. The first-order valence-electron chi connectivity index (χ1n) is 6.05. The summed E-state index contributed by atoms with van der Waals surface area (Å²) in [5.41, 5.74) is -1.24. The van der Waals surface area contributed by atoms with E-state index in [-0.39, 0.29) is 5.75 Å². The maximum absolute atomic E-state index is 12.3. The van der Waals surface area contributed by atoms with Crippen molar-refractivity contribution in [3.05, 3.63) is 29.8 Å². The number of halogens is 3. The zero-order chi connectivity index (χ0) is 16.3. The second-order valence-corrected chi connectivity index (χ2v) is 5.23. The van der Waals surface area contributed by atoms with E-state index in [0.717, 1.165) is 12.1 Å². The van der Waals surface area contributed by atoms with Gasteiger partial charge in [0, 0.05) is 5.56 Å². The van der Waals surface area contributed by atoms with Crippen LogP contribution in [0, 0.1) is 0 Å². The molecule has 0 spiro atoms. The third kappa shape index (κ3) is 5.85. The number of carbonyl (C=O) groups excluding carboxylic acids is 2. The van der Waals surface area contributed by atoms with Crippen LogP contribution in [0.4, 0.5) is 13.2 Å². The number of benzene rings is 1. The molecule has 0 aromatic heterocycles. The van der Waals surface area contributed by atoms with Gasteiger partial charge < -0.3 is 9.47 Å². The van der Waals surface area contributed by atoms with Crippen LogP contribution in [0.2, 0.25) is 0 Å². The number of esters is 1. The highest BCUT2D eigenvalue weighted by Crippen LogP contribution is 2.23. The molecule has 0 bridgehead atoms. The third-order valence-electron chi connectivity index (χ3n) is 2.13. The van der Waals surface area contributed by atoms with Crippen molar-refractivity contribution in [1.82, 2.24) is 0 Å². The molecule has 0 heterocycles. The second kappa shape index (κ2) is 6.15. The van der Waals surface area contributed by atoms with Crippen molar-refractivity contribution in [3.63, 3.8) is 0 Å². The Kier molecular flexibility index (Phi) is 4.98. The number of hydrogen-bond acceptors (Lipinski definition) is 4. The average Bonchev–Trinajstić information content (AvgIpc) is 2.32. The van der Waals surface area contributed by atoms with Gasteiger partial charge in [-0.25, -0.2) is 4.79 Å². The lowest BCUT2D eigenvalue weighted by atomic mass is 10.1. The highest BCUT2D eigenvalue weighted by molar-refractivity contribution is 6.00. The van der Waals surface area contributed by atoms with Gasteiger partial charge >= 0.3 is 12.1 Å². The van der Waals surface area contributed by atoms with Crippen LogP contribution in [-0.4, -0.2) is 30.1 Å². The van der Waals surface area contributed by atoms with Crippen LogP contribution in [0.1, 0.15) is 31.1 Å². The standard InChI is InChI=1S/C14H15F3O4/c1-13(2,3)21-11(18)8-20-10-6-4-5-9(7-10)12(19)14(15,16)17/h4-7H,8H2,1-3H3. The molecule has 0 N–H and O–H groups in total. The normalized spacial score (nSPS) is 11.9. The summed E-state index contributed by atoms with van der Waals surface area (Å²) in [6.45, 7) is 4.56. The molecule has 116 valence electrons. The van der Waals surface area contributed by atoms with Crippen molar-refractivity contribution >= 4 is 11.8 Å². The Morgan fingerprint density at radius 2 is 1.76 bits per heavy atom. The highest BCUT2D eigenvalue weighted by Gasteiger charge is 2.39. The minimum absolute atomic E-state index is 0.0176. The quantitative estimate of drug-likeness (QED) is 0.633. The van der Waals surface area contributed by atoms with E-state index in [1.54, 1.807) is 20.8 Å². The number of alkyl halides is 3. The zero-order valence-electron chi connectivity index (χ0n) is 11.8. The molecule has 4 nitrogen and oxygen atoms in total. The van der Waals surface area contributed by atoms with E-state index in [0.29, 0.717) is 0 Å². The maximum atomic E-state index is 12.3. The van der Waals surface area contributed by atoms with E-state index < -0.39 is 35.7 Å². The van der Waals surface area contributed by atoms with Gasteiger partial charge in [-0.15, -0.1) is 0 Å². The Hall–Kier alpha value is -2.05. The SMILES string of the molecule is CC(C)(C)OC(=O)COc1cccc(C(=O)C(F)(F)F)c1. The van der Waals surface area contributed by atoms with Gasteiger partial charge in [0.2, 0.25) is 0 Å². The number of Topliss-reactive ketones (excluding diaryl/α,β-unsaturated/α-hetero) is 1. The number of hydrogen-bond donors (Lipinski definition) is 0. The lowest BCUT2D eigenvalue weighted by molar-refractivity contribution is -0.157. The lowest BCUT2D eigenvalue weighted by Gasteiger charge is -2.19. The van der Waals surface area contributed by atoms with Crippen molar-refractivity contribution in [3.8, 4) is 5.75 Å². The summed E-state index contributed by atoms with van der Waals surface area (Å²) in [6.07, 6.45) is -4.95. The monoisotopic (exact) mass is 304 g/mol. The van der Waals surface area contributed by atoms with E-state index in [1.807, 2.05) is 0 Å².